The number of alkyl halides is 3. The van der Waals surface area contributed by atoms with Crippen LogP contribution in [-0.2, 0) is 22.6 Å². The molecule has 43 heavy (non-hydrogen) atoms. The number of rotatable bonds is 9. The molecule has 1 amide bonds. The Bertz CT molecular complexity index is 1490. The van der Waals surface area contributed by atoms with Crippen molar-refractivity contribution in [2.45, 2.75) is 96.7 Å². The number of hydrogen-bond donors (Lipinski definition) is 5. The molecule has 1 aromatic carbocycles. The molecule has 5 N–H and O–H groups in total. The van der Waals surface area contributed by atoms with Crippen molar-refractivity contribution in [3.05, 3.63) is 46.8 Å². The van der Waals surface area contributed by atoms with Gasteiger partial charge >= 0.3 is 6.18 Å². The standard InChI is InChI=1S/C29H42F3N7O3S/c1-18-21(25(40)33-17-28(5,6)26-34-37-38-35-26)16-39(23(18)14-19-10-8-7-9-11-19)20-12-13-24(22(15-20)29(30,31)32)43(41,42)36-27(2,3)4/h12-13,15-16,19,36-38H,7-11,14,17H2,1-6H3,(H,33,40)(H,34,35). The molecule has 1 aliphatic carbocycles. The lowest BCUT2D eigenvalue weighted by atomic mass is 9.85. The van der Waals surface area contributed by atoms with Gasteiger partial charge in [-0.2, -0.15) is 13.2 Å². The van der Waals surface area contributed by atoms with Gasteiger partial charge in [-0.05, 0) is 63.8 Å². The Balaban J connectivity index is 1.76. The Kier molecular flexibility index (Phi) is 9.25. The minimum absolute atomic E-state index is 0.136. The smallest absolute Gasteiger partial charge is 0.351 e. The number of sulfonamides is 1. The van der Waals surface area contributed by atoms with Gasteiger partial charge in [0.15, 0.2) is 0 Å². The number of halogens is 3. The molecule has 1 saturated carbocycles. The third kappa shape index (κ3) is 7.71. The van der Waals surface area contributed by atoms with Gasteiger partial charge in [0, 0.05) is 35.1 Å². The molecule has 0 atom stereocenters. The molecule has 0 saturated heterocycles. The Morgan fingerprint density at radius 1 is 1.09 bits per heavy atom. The minimum atomic E-state index is -4.93. The van der Waals surface area contributed by atoms with Crippen molar-refractivity contribution in [3.63, 3.8) is 0 Å². The molecule has 0 bridgehead atoms. The van der Waals surface area contributed by atoms with Crippen LogP contribution in [0.1, 0.15) is 93.9 Å². The molecule has 2 aromatic rings. The molecule has 14 heteroatoms. The summed E-state index contributed by atoms with van der Waals surface area (Å²) in [7, 11) is -4.48. The van der Waals surface area contributed by atoms with E-state index in [0.717, 1.165) is 49.9 Å². The second-order valence-corrected chi connectivity index (χ2v) is 14.8. The van der Waals surface area contributed by atoms with Crippen LogP contribution in [0.15, 0.2) is 34.4 Å². The van der Waals surface area contributed by atoms with Gasteiger partial charge in [-0.1, -0.05) is 46.0 Å². The first kappa shape index (κ1) is 32.8. The number of benzene rings is 1. The lowest BCUT2D eigenvalue weighted by Crippen LogP contribution is -2.46. The number of amides is 1. The number of carbonyl (C=O) groups is 1. The van der Waals surface area contributed by atoms with Gasteiger partial charge in [0.2, 0.25) is 10.0 Å². The van der Waals surface area contributed by atoms with E-state index in [9.17, 15) is 26.4 Å². The average Bonchev–Trinajstić information content (AvgIpc) is 3.56. The van der Waals surface area contributed by atoms with Gasteiger partial charge in [-0.15, -0.1) is 10.6 Å². The molecule has 2 aliphatic rings. The first-order valence-electron chi connectivity index (χ1n) is 14.5. The van der Waals surface area contributed by atoms with Gasteiger partial charge in [0.1, 0.15) is 5.84 Å². The van der Waals surface area contributed by atoms with Crippen molar-refractivity contribution in [1.82, 2.24) is 31.1 Å². The highest BCUT2D eigenvalue weighted by molar-refractivity contribution is 7.89. The summed E-state index contributed by atoms with van der Waals surface area (Å²) in [6.07, 6.45) is 2.54. The van der Waals surface area contributed by atoms with Crippen LogP contribution in [0.5, 0.6) is 0 Å². The molecule has 2 heterocycles. The Labute approximate surface area is 251 Å². The number of amidine groups is 1. The van der Waals surface area contributed by atoms with Crippen molar-refractivity contribution >= 4 is 21.8 Å². The SMILES string of the molecule is Cc1c(C(=O)NCC(C)(C)C2=NNNN2)cn(-c2ccc(S(=O)(=O)NC(C)(C)C)c(C(F)(F)F)c2)c1CC1CCCCC1. The summed E-state index contributed by atoms with van der Waals surface area (Å²) < 4.78 is 73.0. The number of carbonyl (C=O) groups excluding carboxylic acids is 1. The van der Waals surface area contributed by atoms with Crippen LogP contribution in [0, 0.1) is 18.3 Å². The quantitative estimate of drug-likeness (QED) is 0.275. The first-order valence-corrected chi connectivity index (χ1v) is 16.0. The van der Waals surface area contributed by atoms with E-state index in [4.69, 9.17) is 0 Å². The zero-order chi connectivity index (χ0) is 31.8. The van der Waals surface area contributed by atoms with Crippen LogP contribution in [0.4, 0.5) is 13.2 Å². The zero-order valence-electron chi connectivity index (χ0n) is 25.5. The monoisotopic (exact) mass is 625 g/mol. The number of hydrogen-bond acceptors (Lipinski definition) is 7. The number of nitrogens with one attached hydrogen (secondary N) is 5. The second-order valence-electron chi connectivity index (χ2n) is 13.1. The Morgan fingerprint density at radius 2 is 1.77 bits per heavy atom. The van der Waals surface area contributed by atoms with E-state index in [-0.39, 0.29) is 18.1 Å². The molecule has 1 aromatic heterocycles. The summed E-state index contributed by atoms with van der Waals surface area (Å²) in [6, 6.07) is 3.21. The Morgan fingerprint density at radius 3 is 2.35 bits per heavy atom. The maximum absolute atomic E-state index is 14.3. The molecule has 10 nitrogen and oxygen atoms in total. The van der Waals surface area contributed by atoms with Gasteiger partial charge in [-0.3, -0.25) is 10.2 Å². The van der Waals surface area contributed by atoms with E-state index in [0.29, 0.717) is 29.3 Å². The predicted octanol–water partition coefficient (Wildman–Crippen LogP) is 4.69. The largest absolute Gasteiger partial charge is 0.417 e. The fourth-order valence-corrected chi connectivity index (χ4v) is 7.22. The van der Waals surface area contributed by atoms with E-state index >= 15 is 0 Å². The maximum Gasteiger partial charge on any atom is 0.417 e. The highest BCUT2D eigenvalue weighted by Gasteiger charge is 2.39. The van der Waals surface area contributed by atoms with Crippen LogP contribution in [0.2, 0.25) is 0 Å². The summed E-state index contributed by atoms with van der Waals surface area (Å²) in [6.45, 7) is 10.5. The molecular weight excluding hydrogens is 583 g/mol. The molecule has 4 rings (SSSR count). The highest BCUT2D eigenvalue weighted by Crippen LogP contribution is 2.37. The molecule has 0 radical (unpaired) electrons. The minimum Gasteiger partial charge on any atom is -0.351 e. The van der Waals surface area contributed by atoms with Gasteiger partial charge in [0.05, 0.1) is 16.0 Å². The van der Waals surface area contributed by atoms with Crippen LogP contribution >= 0.6 is 0 Å². The van der Waals surface area contributed by atoms with E-state index in [1.807, 2.05) is 20.8 Å². The number of hydrazone groups is 1. The molecule has 0 unspecified atom stereocenters. The van der Waals surface area contributed by atoms with Crippen LogP contribution in [-0.4, -0.2) is 36.8 Å². The van der Waals surface area contributed by atoms with Crippen molar-refractivity contribution in [2.75, 3.05) is 6.54 Å². The van der Waals surface area contributed by atoms with Crippen molar-refractivity contribution in [3.8, 4) is 5.69 Å². The fraction of sp³-hybridized carbons (Fsp3) is 0.586. The lowest BCUT2D eigenvalue weighted by Gasteiger charge is -2.24. The van der Waals surface area contributed by atoms with Gasteiger partial charge < -0.3 is 9.88 Å². The normalized spacial score (nSPS) is 16.9. The third-order valence-electron chi connectivity index (χ3n) is 7.85. The van der Waals surface area contributed by atoms with Crippen molar-refractivity contribution in [1.29, 1.82) is 0 Å². The van der Waals surface area contributed by atoms with Gasteiger partial charge in [-0.25, -0.2) is 18.7 Å². The average molecular weight is 626 g/mol. The predicted molar refractivity (Wildman–Crippen MR) is 159 cm³/mol. The maximum atomic E-state index is 14.3. The molecular formula is C29H42F3N7O3S. The molecule has 1 fully saturated rings. The molecule has 238 valence electrons. The zero-order valence-corrected chi connectivity index (χ0v) is 26.3. The van der Waals surface area contributed by atoms with Crippen molar-refractivity contribution in [2.24, 2.45) is 16.4 Å². The summed E-state index contributed by atoms with van der Waals surface area (Å²) >= 11 is 0. The first-order chi connectivity index (χ1) is 19.9. The topological polar surface area (TPSA) is 129 Å². The number of hydrazine groups is 2. The summed E-state index contributed by atoms with van der Waals surface area (Å²) in [5.74, 6) is 0.578. The van der Waals surface area contributed by atoms with Crippen LogP contribution < -0.4 is 26.5 Å². The lowest BCUT2D eigenvalue weighted by molar-refractivity contribution is -0.139. The third-order valence-corrected chi connectivity index (χ3v) is 9.67. The number of aromatic nitrogens is 1. The summed E-state index contributed by atoms with van der Waals surface area (Å²) in [5.41, 5.74) is 7.28. The van der Waals surface area contributed by atoms with E-state index in [1.165, 1.54) is 6.07 Å². The summed E-state index contributed by atoms with van der Waals surface area (Å²) in [5, 5.41) is 7.06. The van der Waals surface area contributed by atoms with Gasteiger partial charge in [0.25, 0.3) is 5.91 Å². The van der Waals surface area contributed by atoms with Crippen LogP contribution in [0.25, 0.3) is 5.69 Å². The Hall–Kier alpha value is -3.10. The second kappa shape index (κ2) is 12.1. The van der Waals surface area contributed by atoms with Crippen LogP contribution in [0.3, 0.4) is 0 Å². The fourth-order valence-electron chi connectivity index (χ4n) is 5.60. The molecule has 1 aliphatic heterocycles. The number of nitrogens with zero attached hydrogens (tertiary/aromatic N) is 2. The summed E-state index contributed by atoms with van der Waals surface area (Å²) in [4.78, 5) is 12.6. The van der Waals surface area contributed by atoms with E-state index in [2.05, 4.69) is 31.6 Å². The van der Waals surface area contributed by atoms with E-state index < -0.39 is 37.6 Å². The van der Waals surface area contributed by atoms with E-state index in [1.54, 1.807) is 31.5 Å². The molecule has 0 spiro atoms. The highest BCUT2D eigenvalue weighted by atomic mass is 32.2. The van der Waals surface area contributed by atoms with Crippen molar-refractivity contribution < 1.29 is 26.4 Å².